The molecule has 0 aliphatic rings. The van der Waals surface area contributed by atoms with Crippen LogP contribution in [0.4, 0.5) is 5.82 Å². The molecule has 0 amide bonds. The quantitative estimate of drug-likeness (QED) is 0.864. The van der Waals surface area contributed by atoms with Gasteiger partial charge in [0.2, 0.25) is 0 Å². The van der Waals surface area contributed by atoms with Gasteiger partial charge in [0.15, 0.2) is 0 Å². The van der Waals surface area contributed by atoms with Crippen LogP contribution in [0.25, 0.3) is 11.1 Å². The van der Waals surface area contributed by atoms with Gasteiger partial charge in [-0.2, -0.15) is 0 Å². The van der Waals surface area contributed by atoms with Crippen LogP contribution >= 0.6 is 0 Å². The number of aromatic nitrogens is 1. The number of rotatable bonds is 6. The van der Waals surface area contributed by atoms with Crippen molar-refractivity contribution in [3.63, 3.8) is 0 Å². The first-order valence-electron chi connectivity index (χ1n) is 7.97. The fourth-order valence-corrected chi connectivity index (χ4v) is 2.73. The summed E-state index contributed by atoms with van der Waals surface area (Å²) in [5, 5.41) is 9.80. The minimum absolute atomic E-state index is 0.281. The van der Waals surface area contributed by atoms with Gasteiger partial charge in [0.05, 0.1) is 0 Å². The third-order valence-corrected chi connectivity index (χ3v) is 3.99. The van der Waals surface area contributed by atoms with Crippen LogP contribution in [-0.2, 0) is 0 Å². The Hall–Kier alpha value is -2.36. The zero-order chi connectivity index (χ0) is 17.0. The molecular formula is C19H24N2O2. The van der Waals surface area contributed by atoms with E-state index in [9.17, 15) is 9.90 Å². The van der Waals surface area contributed by atoms with Crippen molar-refractivity contribution in [3.05, 3.63) is 47.2 Å². The van der Waals surface area contributed by atoms with Crippen LogP contribution in [0.3, 0.4) is 0 Å². The highest BCUT2D eigenvalue weighted by Crippen LogP contribution is 2.32. The number of unbranched alkanes of at least 4 members (excludes halogenated alkanes) is 1. The first-order chi connectivity index (χ1) is 11.0. The number of nitrogens with zero attached hydrogens (tertiary/aromatic N) is 2. The van der Waals surface area contributed by atoms with Gasteiger partial charge in [0, 0.05) is 24.8 Å². The molecule has 1 aromatic carbocycles. The van der Waals surface area contributed by atoms with E-state index in [0.29, 0.717) is 5.82 Å². The minimum Gasteiger partial charge on any atom is -0.478 e. The van der Waals surface area contributed by atoms with E-state index in [1.807, 2.05) is 56.1 Å². The summed E-state index contributed by atoms with van der Waals surface area (Å²) in [6.07, 6.45) is 2.06. The van der Waals surface area contributed by atoms with Gasteiger partial charge in [-0.05, 0) is 37.5 Å². The molecule has 1 heterocycles. The standard InChI is InChI=1S/C19H24N2O2/c1-5-6-11-21(4)18-17(19(22)23)16(12-14(3)20-18)15-10-8-7-9-13(15)2/h7-10,12H,5-6,11H2,1-4H3,(H,22,23). The lowest BCUT2D eigenvalue weighted by Crippen LogP contribution is -2.23. The molecule has 1 N–H and O–H groups in total. The number of carboxylic acids is 1. The Morgan fingerprint density at radius 3 is 2.52 bits per heavy atom. The van der Waals surface area contributed by atoms with Crippen LogP contribution in [0.2, 0.25) is 0 Å². The van der Waals surface area contributed by atoms with E-state index in [1.54, 1.807) is 0 Å². The Labute approximate surface area is 137 Å². The Balaban J connectivity index is 2.65. The van der Waals surface area contributed by atoms with E-state index in [2.05, 4.69) is 11.9 Å². The summed E-state index contributed by atoms with van der Waals surface area (Å²) >= 11 is 0. The third kappa shape index (κ3) is 3.70. The normalized spacial score (nSPS) is 10.6. The zero-order valence-electron chi connectivity index (χ0n) is 14.3. The van der Waals surface area contributed by atoms with Crippen molar-refractivity contribution >= 4 is 11.8 Å². The molecule has 2 aromatic rings. The Kier molecular flexibility index (Phi) is 5.37. The molecule has 0 unspecified atom stereocenters. The van der Waals surface area contributed by atoms with Crippen molar-refractivity contribution in [2.75, 3.05) is 18.5 Å². The molecule has 0 atom stereocenters. The minimum atomic E-state index is -0.936. The molecule has 0 radical (unpaired) electrons. The van der Waals surface area contributed by atoms with Crippen LogP contribution in [-0.4, -0.2) is 29.7 Å². The first-order valence-corrected chi connectivity index (χ1v) is 7.97. The van der Waals surface area contributed by atoms with Crippen LogP contribution in [0, 0.1) is 13.8 Å². The second kappa shape index (κ2) is 7.27. The van der Waals surface area contributed by atoms with Crippen LogP contribution < -0.4 is 4.90 Å². The van der Waals surface area contributed by atoms with E-state index in [0.717, 1.165) is 41.8 Å². The smallest absolute Gasteiger partial charge is 0.340 e. The van der Waals surface area contributed by atoms with Gasteiger partial charge in [-0.3, -0.25) is 0 Å². The summed E-state index contributed by atoms with van der Waals surface area (Å²) in [6.45, 7) is 6.82. The van der Waals surface area contributed by atoms with Crippen molar-refractivity contribution in [1.29, 1.82) is 0 Å². The molecule has 0 saturated carbocycles. The lowest BCUT2D eigenvalue weighted by Gasteiger charge is -2.22. The number of anilines is 1. The second-order valence-electron chi connectivity index (χ2n) is 5.90. The zero-order valence-corrected chi connectivity index (χ0v) is 14.3. The number of carbonyl (C=O) groups is 1. The Bertz CT molecular complexity index is 711. The van der Waals surface area contributed by atoms with Gasteiger partial charge in [0.25, 0.3) is 0 Å². The van der Waals surface area contributed by atoms with Crippen molar-refractivity contribution < 1.29 is 9.90 Å². The summed E-state index contributed by atoms with van der Waals surface area (Å²) in [5.41, 5.74) is 3.85. The molecule has 23 heavy (non-hydrogen) atoms. The van der Waals surface area contributed by atoms with Crippen molar-refractivity contribution in [1.82, 2.24) is 4.98 Å². The number of hydrogen-bond acceptors (Lipinski definition) is 3. The summed E-state index contributed by atoms with van der Waals surface area (Å²) in [6, 6.07) is 9.72. The molecule has 4 heteroatoms. The fraction of sp³-hybridized carbons (Fsp3) is 0.368. The average molecular weight is 312 g/mol. The fourth-order valence-electron chi connectivity index (χ4n) is 2.73. The Morgan fingerprint density at radius 2 is 1.91 bits per heavy atom. The molecule has 4 nitrogen and oxygen atoms in total. The van der Waals surface area contributed by atoms with E-state index >= 15 is 0 Å². The number of hydrogen-bond donors (Lipinski definition) is 1. The molecule has 0 bridgehead atoms. The molecule has 0 fully saturated rings. The number of benzene rings is 1. The van der Waals surface area contributed by atoms with Crippen LogP contribution in [0.5, 0.6) is 0 Å². The third-order valence-electron chi connectivity index (χ3n) is 3.99. The summed E-state index contributed by atoms with van der Waals surface area (Å²) < 4.78 is 0. The van der Waals surface area contributed by atoms with E-state index < -0.39 is 5.97 Å². The maximum absolute atomic E-state index is 12.0. The molecule has 0 spiro atoms. The highest BCUT2D eigenvalue weighted by Gasteiger charge is 2.22. The van der Waals surface area contributed by atoms with Gasteiger partial charge in [-0.15, -0.1) is 0 Å². The largest absolute Gasteiger partial charge is 0.478 e. The SMILES string of the molecule is CCCCN(C)c1nc(C)cc(-c2ccccc2C)c1C(=O)O. The molecule has 0 aliphatic heterocycles. The molecule has 2 rings (SSSR count). The number of carboxylic acid groups (broad SMARTS) is 1. The van der Waals surface area contributed by atoms with Crippen molar-refractivity contribution in [2.24, 2.45) is 0 Å². The van der Waals surface area contributed by atoms with Gasteiger partial charge in [-0.25, -0.2) is 9.78 Å². The van der Waals surface area contributed by atoms with Gasteiger partial charge in [0.1, 0.15) is 11.4 Å². The number of aryl methyl sites for hydroxylation is 2. The van der Waals surface area contributed by atoms with Crippen LogP contribution in [0.15, 0.2) is 30.3 Å². The lowest BCUT2D eigenvalue weighted by atomic mass is 9.95. The van der Waals surface area contributed by atoms with E-state index in [-0.39, 0.29) is 5.56 Å². The number of aromatic carboxylic acids is 1. The van der Waals surface area contributed by atoms with E-state index in [1.165, 1.54) is 0 Å². The van der Waals surface area contributed by atoms with Gasteiger partial charge < -0.3 is 10.0 Å². The van der Waals surface area contributed by atoms with Crippen molar-refractivity contribution in [3.8, 4) is 11.1 Å². The van der Waals surface area contributed by atoms with Gasteiger partial charge in [-0.1, -0.05) is 37.6 Å². The highest BCUT2D eigenvalue weighted by atomic mass is 16.4. The maximum atomic E-state index is 12.0. The highest BCUT2D eigenvalue weighted by molar-refractivity contribution is 6.01. The molecular weight excluding hydrogens is 288 g/mol. The van der Waals surface area contributed by atoms with Crippen molar-refractivity contribution in [2.45, 2.75) is 33.6 Å². The monoisotopic (exact) mass is 312 g/mol. The maximum Gasteiger partial charge on any atom is 0.340 e. The predicted molar refractivity (Wildman–Crippen MR) is 94.3 cm³/mol. The molecule has 122 valence electrons. The number of pyridine rings is 1. The summed E-state index contributed by atoms with van der Waals surface area (Å²) in [4.78, 5) is 18.4. The molecule has 1 aromatic heterocycles. The van der Waals surface area contributed by atoms with E-state index in [4.69, 9.17) is 0 Å². The lowest BCUT2D eigenvalue weighted by molar-refractivity contribution is 0.0698. The second-order valence-corrected chi connectivity index (χ2v) is 5.90. The van der Waals surface area contributed by atoms with Crippen LogP contribution in [0.1, 0.15) is 41.4 Å². The van der Waals surface area contributed by atoms with Gasteiger partial charge >= 0.3 is 5.97 Å². The Morgan fingerprint density at radius 1 is 1.22 bits per heavy atom. The summed E-state index contributed by atoms with van der Waals surface area (Å²) in [7, 11) is 1.91. The molecule has 0 saturated heterocycles. The topological polar surface area (TPSA) is 53.4 Å². The molecule has 0 aliphatic carbocycles. The first kappa shape index (κ1) is 17.0. The average Bonchev–Trinajstić information content (AvgIpc) is 2.51. The predicted octanol–water partition coefficient (Wildman–Crippen LogP) is 4.30. The summed E-state index contributed by atoms with van der Waals surface area (Å²) in [5.74, 6) is -0.390.